The maximum absolute atomic E-state index is 12.3. The Labute approximate surface area is 142 Å². The van der Waals surface area contributed by atoms with Crippen LogP contribution < -0.4 is 0 Å². The number of nitrogens with zero attached hydrogens (tertiary/aromatic N) is 4. The first-order valence-corrected chi connectivity index (χ1v) is 7.63. The van der Waals surface area contributed by atoms with Gasteiger partial charge in [-0.1, -0.05) is 0 Å². The molecule has 8 heteroatoms. The molecule has 2 rings (SSSR count). The molecule has 1 aromatic rings. The second kappa shape index (κ2) is 8.88. The summed E-state index contributed by atoms with van der Waals surface area (Å²) in [5.41, 5.74) is 0. The van der Waals surface area contributed by atoms with E-state index < -0.39 is 5.97 Å². The van der Waals surface area contributed by atoms with Crippen molar-refractivity contribution in [2.24, 2.45) is 0 Å². The van der Waals surface area contributed by atoms with E-state index in [1.54, 1.807) is 12.4 Å². The highest BCUT2D eigenvalue weighted by atomic mass is 35.5. The van der Waals surface area contributed by atoms with Gasteiger partial charge in [0.25, 0.3) is 0 Å². The predicted molar refractivity (Wildman–Crippen MR) is 88.7 cm³/mol. The van der Waals surface area contributed by atoms with Crippen molar-refractivity contribution in [3.05, 3.63) is 18.2 Å². The van der Waals surface area contributed by atoms with E-state index in [4.69, 9.17) is 5.11 Å². The number of likely N-dealkylation sites (N-methyl/N-ethyl adjacent to an activating group) is 1. The number of amides is 1. The molecule has 1 fully saturated rings. The van der Waals surface area contributed by atoms with Crippen LogP contribution in [0.4, 0.5) is 0 Å². The summed E-state index contributed by atoms with van der Waals surface area (Å²) < 4.78 is 1.81. The maximum Gasteiger partial charge on any atom is 0.305 e. The van der Waals surface area contributed by atoms with Crippen LogP contribution in [0.15, 0.2) is 12.4 Å². The lowest BCUT2D eigenvalue weighted by Crippen LogP contribution is -2.34. The Hall–Kier alpha value is -1.60. The SMILES string of the molecule is CN(C)[C@H]1CCN(C(=O)CCc2nccn2CCC(=O)O)C1.Cl. The molecule has 2 heterocycles. The number of likely N-dealkylation sites (tertiary alicyclic amines) is 1. The first-order valence-electron chi connectivity index (χ1n) is 7.63. The van der Waals surface area contributed by atoms with E-state index in [0.29, 0.717) is 25.4 Å². The highest BCUT2D eigenvalue weighted by Crippen LogP contribution is 2.15. The van der Waals surface area contributed by atoms with E-state index in [9.17, 15) is 9.59 Å². The minimum Gasteiger partial charge on any atom is -0.481 e. The third kappa shape index (κ3) is 5.51. The van der Waals surface area contributed by atoms with E-state index in [2.05, 4.69) is 9.88 Å². The largest absolute Gasteiger partial charge is 0.481 e. The van der Waals surface area contributed by atoms with E-state index >= 15 is 0 Å². The second-order valence-corrected chi connectivity index (χ2v) is 5.93. The van der Waals surface area contributed by atoms with Crippen molar-refractivity contribution in [2.45, 2.75) is 38.3 Å². The molecule has 1 atom stereocenters. The standard InChI is InChI=1S/C15H24N4O3.ClH/c1-17(2)12-5-8-19(11-12)14(20)4-3-13-16-7-10-18(13)9-6-15(21)22;/h7,10,12H,3-6,8-9,11H2,1-2H3,(H,21,22);1H/t12-;/m0./s1. The van der Waals surface area contributed by atoms with Crippen LogP contribution in [0, 0.1) is 0 Å². The zero-order valence-electron chi connectivity index (χ0n) is 13.6. The van der Waals surface area contributed by atoms with Crippen molar-refractivity contribution in [3.8, 4) is 0 Å². The van der Waals surface area contributed by atoms with Gasteiger partial charge in [0.1, 0.15) is 5.82 Å². The van der Waals surface area contributed by atoms with Gasteiger partial charge in [-0.15, -0.1) is 12.4 Å². The second-order valence-electron chi connectivity index (χ2n) is 5.93. The molecule has 0 unspecified atom stereocenters. The molecule has 1 N–H and O–H groups in total. The van der Waals surface area contributed by atoms with Crippen molar-refractivity contribution in [2.75, 3.05) is 27.2 Å². The molecule has 1 aliphatic heterocycles. The highest BCUT2D eigenvalue weighted by molar-refractivity contribution is 5.85. The van der Waals surface area contributed by atoms with E-state index in [1.165, 1.54) is 0 Å². The first kappa shape index (κ1) is 19.4. The van der Waals surface area contributed by atoms with Crippen LogP contribution in [0.1, 0.15) is 25.1 Å². The fourth-order valence-electron chi connectivity index (χ4n) is 2.75. The van der Waals surface area contributed by atoms with Gasteiger partial charge in [0.15, 0.2) is 0 Å². The minimum absolute atomic E-state index is 0. The van der Waals surface area contributed by atoms with E-state index in [1.807, 2.05) is 23.6 Å². The number of carboxylic acids is 1. The van der Waals surface area contributed by atoms with Crippen LogP contribution in [0.2, 0.25) is 0 Å². The number of aromatic nitrogens is 2. The number of carboxylic acid groups (broad SMARTS) is 1. The van der Waals surface area contributed by atoms with Gasteiger partial charge in [0, 0.05) is 50.9 Å². The zero-order valence-corrected chi connectivity index (χ0v) is 14.5. The monoisotopic (exact) mass is 344 g/mol. The minimum atomic E-state index is -0.831. The summed E-state index contributed by atoms with van der Waals surface area (Å²) in [5.74, 6) is 0.0950. The molecule has 0 aromatic carbocycles. The average molecular weight is 345 g/mol. The van der Waals surface area contributed by atoms with Crippen LogP contribution >= 0.6 is 12.4 Å². The summed E-state index contributed by atoms with van der Waals surface area (Å²) in [4.78, 5) is 31.2. The number of rotatable bonds is 7. The molecule has 130 valence electrons. The molecule has 7 nitrogen and oxygen atoms in total. The fourth-order valence-corrected chi connectivity index (χ4v) is 2.75. The van der Waals surface area contributed by atoms with Crippen LogP contribution in [0.5, 0.6) is 0 Å². The number of aryl methyl sites for hydroxylation is 2. The Morgan fingerprint density at radius 2 is 2.13 bits per heavy atom. The third-order valence-corrected chi connectivity index (χ3v) is 4.18. The Morgan fingerprint density at radius 3 is 2.74 bits per heavy atom. The number of halogens is 1. The first-order chi connectivity index (χ1) is 10.5. The molecule has 1 aromatic heterocycles. The summed E-state index contributed by atoms with van der Waals surface area (Å²) in [5, 5.41) is 8.74. The molecule has 0 aliphatic carbocycles. The Balaban J connectivity index is 0.00000264. The third-order valence-electron chi connectivity index (χ3n) is 4.18. The lowest BCUT2D eigenvalue weighted by atomic mass is 10.2. The van der Waals surface area contributed by atoms with Crippen LogP contribution in [0.3, 0.4) is 0 Å². The van der Waals surface area contributed by atoms with Crippen molar-refractivity contribution < 1.29 is 14.7 Å². The fraction of sp³-hybridized carbons (Fsp3) is 0.667. The molecule has 1 aliphatic rings. The number of imidazole rings is 1. The van der Waals surface area contributed by atoms with Crippen molar-refractivity contribution in [1.82, 2.24) is 19.4 Å². The normalized spacial score (nSPS) is 17.3. The highest BCUT2D eigenvalue weighted by Gasteiger charge is 2.27. The van der Waals surface area contributed by atoms with Gasteiger partial charge in [0.2, 0.25) is 5.91 Å². The van der Waals surface area contributed by atoms with Crippen LogP contribution in [0.25, 0.3) is 0 Å². The van der Waals surface area contributed by atoms with Gasteiger partial charge >= 0.3 is 5.97 Å². The number of carbonyl (C=O) groups excluding carboxylic acids is 1. The lowest BCUT2D eigenvalue weighted by Gasteiger charge is -2.20. The molecular formula is C15H25ClN4O3. The van der Waals surface area contributed by atoms with Gasteiger partial charge in [-0.2, -0.15) is 0 Å². The summed E-state index contributed by atoms with van der Waals surface area (Å²) in [6.45, 7) is 2.00. The molecule has 0 saturated carbocycles. The molecule has 0 radical (unpaired) electrons. The molecular weight excluding hydrogens is 320 g/mol. The Bertz CT molecular complexity index is 533. The Morgan fingerprint density at radius 1 is 1.39 bits per heavy atom. The van der Waals surface area contributed by atoms with Crippen LogP contribution in [-0.4, -0.2) is 69.6 Å². The molecule has 0 spiro atoms. The number of hydrogen-bond acceptors (Lipinski definition) is 4. The maximum atomic E-state index is 12.3. The van der Waals surface area contributed by atoms with Crippen molar-refractivity contribution in [1.29, 1.82) is 0 Å². The van der Waals surface area contributed by atoms with Gasteiger partial charge < -0.3 is 19.5 Å². The summed E-state index contributed by atoms with van der Waals surface area (Å²) in [6, 6.07) is 0.446. The number of aliphatic carboxylic acids is 1. The molecule has 1 saturated heterocycles. The van der Waals surface area contributed by atoms with Gasteiger partial charge in [0.05, 0.1) is 6.42 Å². The molecule has 1 amide bonds. The van der Waals surface area contributed by atoms with Gasteiger partial charge in [-0.3, -0.25) is 9.59 Å². The zero-order chi connectivity index (χ0) is 16.1. The summed E-state index contributed by atoms with van der Waals surface area (Å²) >= 11 is 0. The quantitative estimate of drug-likeness (QED) is 0.794. The molecule has 23 heavy (non-hydrogen) atoms. The number of hydrogen-bond donors (Lipinski definition) is 1. The average Bonchev–Trinajstić information content (AvgIpc) is 3.11. The van der Waals surface area contributed by atoms with Crippen LogP contribution in [-0.2, 0) is 22.6 Å². The van der Waals surface area contributed by atoms with Crippen molar-refractivity contribution in [3.63, 3.8) is 0 Å². The summed E-state index contributed by atoms with van der Waals surface area (Å²) in [7, 11) is 4.08. The smallest absolute Gasteiger partial charge is 0.305 e. The van der Waals surface area contributed by atoms with E-state index in [-0.39, 0.29) is 24.7 Å². The lowest BCUT2D eigenvalue weighted by molar-refractivity contribution is -0.137. The van der Waals surface area contributed by atoms with E-state index in [0.717, 1.165) is 25.3 Å². The Kier molecular flexibility index (Phi) is 7.51. The van der Waals surface area contributed by atoms with Gasteiger partial charge in [-0.25, -0.2) is 4.98 Å². The predicted octanol–water partition coefficient (Wildman–Crippen LogP) is 0.875. The number of carbonyl (C=O) groups is 2. The molecule has 0 bridgehead atoms. The van der Waals surface area contributed by atoms with Gasteiger partial charge in [-0.05, 0) is 20.5 Å². The van der Waals surface area contributed by atoms with Crippen molar-refractivity contribution >= 4 is 24.3 Å². The topological polar surface area (TPSA) is 78.7 Å². The summed E-state index contributed by atoms with van der Waals surface area (Å²) in [6.07, 6.45) is 5.47.